The second-order valence-electron chi connectivity index (χ2n) is 19.8. The summed E-state index contributed by atoms with van der Waals surface area (Å²) in [6.45, 7) is 0. The van der Waals surface area contributed by atoms with E-state index >= 15 is 0 Å². The van der Waals surface area contributed by atoms with E-state index in [9.17, 15) is 0 Å². The molecule has 15 aromatic rings. The molecule has 0 fully saturated rings. The van der Waals surface area contributed by atoms with Crippen molar-refractivity contribution >= 4 is 75.4 Å². The standard InChI is InChI=1S/C74H46/c1-4-18-48(19-5-1)57-40-36-52-39-43-68-58(41-37-53-38-42-67(57)73(52)74(53)68)49-34-32-47(33-35-49)54-44-55(71-63-28-14-10-24-59(63)69(50-20-6-2-7-21-50)60-25-11-15-29-64(60)71)46-56(45-54)72-65-30-16-12-26-61(65)70(51-22-8-3-9-23-51)62-27-13-17-31-66(62)72/h1-46H. The van der Waals surface area contributed by atoms with Gasteiger partial charge in [0.25, 0.3) is 0 Å². The van der Waals surface area contributed by atoms with Gasteiger partial charge in [0.2, 0.25) is 0 Å². The van der Waals surface area contributed by atoms with Crippen LogP contribution in [0.25, 0.3) is 153 Å². The van der Waals surface area contributed by atoms with Crippen LogP contribution in [0.5, 0.6) is 0 Å². The van der Waals surface area contributed by atoms with E-state index in [1.54, 1.807) is 0 Å². The molecule has 74 heavy (non-hydrogen) atoms. The Balaban J connectivity index is 0.967. The van der Waals surface area contributed by atoms with Gasteiger partial charge in [-0.1, -0.05) is 261 Å². The first-order chi connectivity index (χ1) is 36.7. The molecule has 0 heteroatoms. The van der Waals surface area contributed by atoms with E-state index in [1.165, 1.54) is 153 Å². The predicted octanol–water partition coefficient (Wildman–Crippen LogP) is 20.9. The van der Waals surface area contributed by atoms with E-state index in [0.29, 0.717) is 0 Å². The summed E-state index contributed by atoms with van der Waals surface area (Å²) in [6.07, 6.45) is 0. The minimum atomic E-state index is 1.17. The van der Waals surface area contributed by atoms with Gasteiger partial charge in [-0.05, 0) is 171 Å². The minimum absolute atomic E-state index is 1.17. The first-order valence-corrected chi connectivity index (χ1v) is 25.7. The largest absolute Gasteiger partial charge is 0.0622 e. The highest BCUT2D eigenvalue weighted by Gasteiger charge is 2.22. The van der Waals surface area contributed by atoms with Crippen molar-refractivity contribution in [1.82, 2.24) is 0 Å². The summed E-state index contributed by atoms with van der Waals surface area (Å²) in [6, 6.07) is 104. The predicted molar refractivity (Wildman–Crippen MR) is 318 cm³/mol. The summed E-state index contributed by atoms with van der Waals surface area (Å²) < 4.78 is 0. The maximum absolute atomic E-state index is 2.47. The van der Waals surface area contributed by atoms with E-state index in [4.69, 9.17) is 0 Å². The lowest BCUT2D eigenvalue weighted by molar-refractivity contribution is 1.59. The Hall–Kier alpha value is -9.62. The van der Waals surface area contributed by atoms with Gasteiger partial charge in [0.1, 0.15) is 0 Å². The Morgan fingerprint density at radius 3 is 0.784 bits per heavy atom. The van der Waals surface area contributed by atoms with Crippen molar-refractivity contribution in [1.29, 1.82) is 0 Å². The zero-order valence-corrected chi connectivity index (χ0v) is 40.6. The molecule has 0 radical (unpaired) electrons. The Morgan fingerprint density at radius 1 is 0.149 bits per heavy atom. The third-order valence-corrected chi connectivity index (χ3v) is 15.8. The van der Waals surface area contributed by atoms with Crippen molar-refractivity contribution in [3.8, 4) is 77.9 Å². The first-order valence-electron chi connectivity index (χ1n) is 25.7. The van der Waals surface area contributed by atoms with Crippen LogP contribution in [-0.2, 0) is 0 Å². The molecule has 0 N–H and O–H groups in total. The van der Waals surface area contributed by atoms with Crippen LogP contribution in [0.3, 0.4) is 0 Å². The second-order valence-corrected chi connectivity index (χ2v) is 19.8. The SMILES string of the molecule is c1ccc(-c2c3ccccc3c(-c3cc(-c4ccc(-c5ccc6ccc7c(-c8ccccc8)ccc8ccc5c6c87)cc4)cc(-c4c5ccccc5c(-c5ccccc5)c5ccccc45)c3)c3ccccc23)cc1. The van der Waals surface area contributed by atoms with E-state index in [2.05, 4.69) is 279 Å². The van der Waals surface area contributed by atoms with E-state index in [0.717, 1.165) is 0 Å². The topological polar surface area (TPSA) is 0 Å². The average molecular weight is 935 g/mol. The number of benzene rings is 15. The molecule has 15 aromatic carbocycles. The van der Waals surface area contributed by atoms with Crippen molar-refractivity contribution < 1.29 is 0 Å². The fourth-order valence-corrected chi connectivity index (χ4v) is 12.6. The quantitative estimate of drug-likeness (QED) is 0.110. The van der Waals surface area contributed by atoms with Crippen molar-refractivity contribution in [3.63, 3.8) is 0 Å². The molecule has 0 aromatic heterocycles. The molecular formula is C74H46. The Morgan fingerprint density at radius 2 is 0.419 bits per heavy atom. The van der Waals surface area contributed by atoms with Gasteiger partial charge in [-0.2, -0.15) is 0 Å². The van der Waals surface area contributed by atoms with Crippen molar-refractivity contribution in [2.45, 2.75) is 0 Å². The number of hydrogen-bond donors (Lipinski definition) is 0. The highest BCUT2D eigenvalue weighted by atomic mass is 14.2. The van der Waals surface area contributed by atoms with Crippen LogP contribution in [0.4, 0.5) is 0 Å². The zero-order chi connectivity index (χ0) is 48.7. The molecule has 0 aliphatic carbocycles. The molecule has 342 valence electrons. The molecule has 0 saturated heterocycles. The maximum atomic E-state index is 2.47. The molecule has 0 heterocycles. The molecule has 0 amide bonds. The third-order valence-electron chi connectivity index (χ3n) is 15.8. The fraction of sp³-hybridized carbons (Fsp3) is 0. The van der Waals surface area contributed by atoms with E-state index in [-0.39, 0.29) is 0 Å². The van der Waals surface area contributed by atoms with Crippen molar-refractivity contribution in [3.05, 3.63) is 279 Å². The lowest BCUT2D eigenvalue weighted by atomic mass is 9.82. The van der Waals surface area contributed by atoms with Gasteiger partial charge in [0, 0.05) is 0 Å². The minimum Gasteiger partial charge on any atom is -0.0622 e. The van der Waals surface area contributed by atoms with Gasteiger partial charge >= 0.3 is 0 Å². The molecule has 0 aliphatic rings. The fourth-order valence-electron chi connectivity index (χ4n) is 12.6. The van der Waals surface area contributed by atoms with Crippen LogP contribution in [0, 0.1) is 0 Å². The Bertz CT molecular complexity index is 4370. The van der Waals surface area contributed by atoms with Crippen LogP contribution in [0.2, 0.25) is 0 Å². The monoisotopic (exact) mass is 934 g/mol. The van der Waals surface area contributed by atoms with Crippen LogP contribution in [0.1, 0.15) is 0 Å². The Labute approximate surface area is 430 Å². The van der Waals surface area contributed by atoms with Crippen LogP contribution in [-0.4, -0.2) is 0 Å². The van der Waals surface area contributed by atoms with Gasteiger partial charge in [-0.15, -0.1) is 0 Å². The van der Waals surface area contributed by atoms with Gasteiger partial charge in [0.15, 0.2) is 0 Å². The molecule has 0 bridgehead atoms. The highest BCUT2D eigenvalue weighted by molar-refractivity contribution is 6.28. The van der Waals surface area contributed by atoms with Crippen LogP contribution in [0.15, 0.2) is 279 Å². The number of hydrogen-bond acceptors (Lipinski definition) is 0. The van der Waals surface area contributed by atoms with Gasteiger partial charge < -0.3 is 0 Å². The molecule has 0 nitrogen and oxygen atoms in total. The molecular weight excluding hydrogens is 889 g/mol. The highest BCUT2D eigenvalue weighted by Crippen LogP contribution is 2.49. The summed E-state index contributed by atoms with van der Waals surface area (Å²) in [5.41, 5.74) is 17.1. The molecule has 15 rings (SSSR count). The number of fused-ring (bicyclic) bond motifs is 4. The van der Waals surface area contributed by atoms with Gasteiger partial charge in [0.05, 0.1) is 0 Å². The van der Waals surface area contributed by atoms with Crippen LogP contribution < -0.4 is 0 Å². The summed E-state index contributed by atoms with van der Waals surface area (Å²) >= 11 is 0. The molecule has 0 spiro atoms. The smallest absolute Gasteiger partial charge is 0.00203 e. The summed E-state index contributed by atoms with van der Waals surface area (Å²) in [7, 11) is 0. The summed E-state index contributed by atoms with van der Waals surface area (Å²) in [4.78, 5) is 0. The van der Waals surface area contributed by atoms with E-state index in [1.807, 2.05) is 0 Å². The molecule has 0 aliphatic heterocycles. The second kappa shape index (κ2) is 17.0. The lowest BCUT2D eigenvalue weighted by Gasteiger charge is -2.21. The van der Waals surface area contributed by atoms with Gasteiger partial charge in [-0.25, -0.2) is 0 Å². The first kappa shape index (κ1) is 42.1. The average Bonchev–Trinajstić information content (AvgIpc) is 3.47. The van der Waals surface area contributed by atoms with E-state index < -0.39 is 0 Å². The maximum Gasteiger partial charge on any atom is -0.00203 e. The molecule has 0 saturated carbocycles. The van der Waals surface area contributed by atoms with Crippen LogP contribution >= 0.6 is 0 Å². The normalized spacial score (nSPS) is 11.8. The molecule has 0 atom stereocenters. The van der Waals surface area contributed by atoms with Gasteiger partial charge in [-0.3, -0.25) is 0 Å². The zero-order valence-electron chi connectivity index (χ0n) is 40.6. The number of rotatable bonds is 7. The summed E-state index contributed by atoms with van der Waals surface area (Å²) in [5, 5.41) is 17.7. The van der Waals surface area contributed by atoms with Crippen molar-refractivity contribution in [2.75, 3.05) is 0 Å². The Kier molecular flexibility index (Phi) is 9.68. The van der Waals surface area contributed by atoms with Crippen molar-refractivity contribution in [2.24, 2.45) is 0 Å². The summed E-state index contributed by atoms with van der Waals surface area (Å²) in [5.74, 6) is 0. The molecule has 0 unspecified atom stereocenters. The third kappa shape index (κ3) is 6.62. The lowest BCUT2D eigenvalue weighted by Crippen LogP contribution is -1.94.